The molecule has 18 heavy (non-hydrogen) atoms. The molecule has 1 rings (SSSR count). The van der Waals surface area contributed by atoms with Crippen LogP contribution in [0.3, 0.4) is 0 Å². The normalized spacial score (nSPS) is 14.1. The van der Waals surface area contributed by atoms with Gasteiger partial charge in [0, 0.05) is 11.4 Å². The number of halogens is 3. The first kappa shape index (κ1) is 15.4. The van der Waals surface area contributed by atoms with Crippen LogP contribution < -0.4 is 5.32 Å². The highest BCUT2D eigenvalue weighted by molar-refractivity contribution is 9.10. The van der Waals surface area contributed by atoms with Crippen LogP contribution in [0.25, 0.3) is 0 Å². The van der Waals surface area contributed by atoms with Crippen molar-refractivity contribution in [3.63, 3.8) is 0 Å². The second-order valence-electron chi connectivity index (χ2n) is 4.41. The van der Waals surface area contributed by atoms with Crippen LogP contribution in [0.5, 0.6) is 0 Å². The fraction of sp³-hybridized carbons (Fsp3) is 0.462. The molecule has 1 atom stereocenters. The molecule has 0 spiro atoms. The maximum absolute atomic E-state index is 13.4. The molecule has 0 aliphatic rings. The van der Waals surface area contributed by atoms with Gasteiger partial charge in [-0.1, -0.05) is 13.0 Å². The van der Waals surface area contributed by atoms with E-state index in [1.807, 2.05) is 13.8 Å². The molecule has 100 valence electrons. The van der Waals surface area contributed by atoms with Gasteiger partial charge in [0.05, 0.1) is 10.0 Å². The Labute approximate surface area is 120 Å². The number of amides is 1. The van der Waals surface area contributed by atoms with Crippen molar-refractivity contribution in [3.05, 3.63) is 34.1 Å². The third kappa shape index (κ3) is 3.69. The van der Waals surface area contributed by atoms with Gasteiger partial charge in [0.15, 0.2) is 0 Å². The highest BCUT2D eigenvalue weighted by Gasteiger charge is 2.25. The van der Waals surface area contributed by atoms with Crippen molar-refractivity contribution in [2.45, 2.75) is 32.2 Å². The summed E-state index contributed by atoms with van der Waals surface area (Å²) < 4.78 is 13.5. The van der Waals surface area contributed by atoms with Crippen LogP contribution in [-0.2, 0) is 0 Å². The van der Waals surface area contributed by atoms with E-state index in [9.17, 15) is 9.18 Å². The standard InChI is InChI=1S/C13H16BrClFNO/c1-3-13(2,7-8-15)17-12(18)9-5-4-6-10(16)11(9)14/h4-6H,3,7-8H2,1-2H3,(H,17,18). The fourth-order valence-electron chi connectivity index (χ4n) is 1.56. The van der Waals surface area contributed by atoms with Crippen LogP contribution in [0.1, 0.15) is 37.0 Å². The number of carbonyl (C=O) groups is 1. The van der Waals surface area contributed by atoms with Crippen LogP contribution in [0.4, 0.5) is 4.39 Å². The highest BCUT2D eigenvalue weighted by atomic mass is 79.9. The molecule has 0 aliphatic carbocycles. The van der Waals surface area contributed by atoms with Gasteiger partial charge in [-0.2, -0.15) is 0 Å². The minimum Gasteiger partial charge on any atom is -0.347 e. The molecule has 0 aliphatic heterocycles. The van der Waals surface area contributed by atoms with Crippen molar-refractivity contribution in [1.82, 2.24) is 5.32 Å². The molecule has 1 aromatic carbocycles. The lowest BCUT2D eigenvalue weighted by atomic mass is 9.95. The number of hydrogen-bond donors (Lipinski definition) is 1. The summed E-state index contributed by atoms with van der Waals surface area (Å²) in [6.45, 7) is 3.91. The van der Waals surface area contributed by atoms with E-state index < -0.39 is 5.82 Å². The molecule has 1 unspecified atom stereocenters. The van der Waals surface area contributed by atoms with Crippen molar-refractivity contribution >= 4 is 33.4 Å². The van der Waals surface area contributed by atoms with E-state index in [0.717, 1.165) is 6.42 Å². The SMILES string of the molecule is CCC(C)(CCCl)NC(=O)c1cccc(F)c1Br. The molecule has 0 heterocycles. The van der Waals surface area contributed by atoms with Gasteiger partial charge in [0.2, 0.25) is 0 Å². The van der Waals surface area contributed by atoms with Crippen LogP contribution in [0.15, 0.2) is 22.7 Å². The van der Waals surface area contributed by atoms with Gasteiger partial charge in [-0.3, -0.25) is 4.79 Å². The summed E-state index contributed by atoms with van der Waals surface area (Å²) in [5.41, 5.74) is -0.0748. The Morgan fingerprint density at radius 2 is 2.22 bits per heavy atom. The summed E-state index contributed by atoms with van der Waals surface area (Å²) >= 11 is 8.82. The minimum atomic E-state index is -0.446. The third-order valence-corrected chi connectivity index (χ3v) is 4.03. The summed E-state index contributed by atoms with van der Waals surface area (Å²) in [4.78, 5) is 12.1. The van der Waals surface area contributed by atoms with Crippen molar-refractivity contribution in [2.75, 3.05) is 5.88 Å². The topological polar surface area (TPSA) is 29.1 Å². The Morgan fingerprint density at radius 3 is 2.78 bits per heavy atom. The predicted molar refractivity (Wildman–Crippen MR) is 75.6 cm³/mol. The molecule has 5 heteroatoms. The highest BCUT2D eigenvalue weighted by Crippen LogP contribution is 2.22. The molecule has 0 fully saturated rings. The lowest BCUT2D eigenvalue weighted by molar-refractivity contribution is 0.0900. The number of rotatable bonds is 5. The summed E-state index contributed by atoms with van der Waals surface area (Å²) in [6, 6.07) is 4.40. The van der Waals surface area contributed by atoms with Gasteiger partial charge in [-0.05, 0) is 47.8 Å². The molecule has 0 radical (unpaired) electrons. The molecule has 0 saturated carbocycles. The smallest absolute Gasteiger partial charge is 0.252 e. The number of carbonyl (C=O) groups excluding carboxylic acids is 1. The molecule has 1 N–H and O–H groups in total. The molecule has 2 nitrogen and oxygen atoms in total. The average molecular weight is 337 g/mol. The van der Waals surface area contributed by atoms with Crippen LogP contribution in [-0.4, -0.2) is 17.3 Å². The van der Waals surface area contributed by atoms with Gasteiger partial charge in [-0.25, -0.2) is 4.39 Å². The Morgan fingerprint density at radius 1 is 1.56 bits per heavy atom. The molecule has 1 amide bonds. The van der Waals surface area contributed by atoms with E-state index in [-0.39, 0.29) is 15.9 Å². The molecule has 0 bridgehead atoms. The number of benzene rings is 1. The first-order valence-corrected chi connectivity index (χ1v) is 7.09. The van der Waals surface area contributed by atoms with Gasteiger partial charge in [0.25, 0.3) is 5.91 Å². The van der Waals surface area contributed by atoms with E-state index in [1.165, 1.54) is 12.1 Å². The quantitative estimate of drug-likeness (QED) is 0.805. The largest absolute Gasteiger partial charge is 0.347 e. The van der Waals surface area contributed by atoms with Gasteiger partial charge in [-0.15, -0.1) is 11.6 Å². The van der Waals surface area contributed by atoms with Gasteiger partial charge < -0.3 is 5.32 Å². The van der Waals surface area contributed by atoms with Crippen molar-refractivity contribution in [1.29, 1.82) is 0 Å². The minimum absolute atomic E-state index is 0.187. The monoisotopic (exact) mass is 335 g/mol. The third-order valence-electron chi connectivity index (χ3n) is 3.04. The molecule has 0 aromatic heterocycles. The number of alkyl halides is 1. The summed E-state index contributed by atoms with van der Waals surface area (Å²) in [7, 11) is 0. The maximum atomic E-state index is 13.4. The zero-order chi connectivity index (χ0) is 13.8. The molecular formula is C13H16BrClFNO. The summed E-state index contributed by atoms with van der Waals surface area (Å²) in [6.07, 6.45) is 1.43. The first-order chi connectivity index (χ1) is 8.43. The van der Waals surface area contributed by atoms with E-state index in [2.05, 4.69) is 21.2 Å². The summed E-state index contributed by atoms with van der Waals surface area (Å²) in [5, 5.41) is 2.91. The Hall–Kier alpha value is -0.610. The van der Waals surface area contributed by atoms with Gasteiger partial charge >= 0.3 is 0 Å². The maximum Gasteiger partial charge on any atom is 0.252 e. The van der Waals surface area contributed by atoms with Crippen molar-refractivity contribution in [3.8, 4) is 0 Å². The zero-order valence-corrected chi connectivity index (χ0v) is 12.7. The van der Waals surface area contributed by atoms with Crippen LogP contribution >= 0.6 is 27.5 Å². The first-order valence-electron chi connectivity index (χ1n) is 5.76. The molecule has 0 saturated heterocycles. The van der Waals surface area contributed by atoms with E-state index in [0.29, 0.717) is 17.9 Å². The van der Waals surface area contributed by atoms with Gasteiger partial charge in [0.1, 0.15) is 5.82 Å². The van der Waals surface area contributed by atoms with Crippen LogP contribution in [0.2, 0.25) is 0 Å². The van der Waals surface area contributed by atoms with E-state index in [4.69, 9.17) is 11.6 Å². The average Bonchev–Trinajstić information content (AvgIpc) is 2.32. The van der Waals surface area contributed by atoms with E-state index >= 15 is 0 Å². The second kappa shape index (κ2) is 6.53. The number of hydrogen-bond acceptors (Lipinski definition) is 1. The Balaban J connectivity index is 2.91. The van der Waals surface area contributed by atoms with Crippen molar-refractivity contribution < 1.29 is 9.18 Å². The number of nitrogens with one attached hydrogen (secondary N) is 1. The lowest BCUT2D eigenvalue weighted by Crippen LogP contribution is -2.46. The predicted octanol–water partition coefficient (Wildman–Crippen LogP) is 4.12. The fourth-order valence-corrected chi connectivity index (χ4v) is 2.42. The summed E-state index contributed by atoms with van der Waals surface area (Å²) in [5.74, 6) is -0.274. The Kier molecular flexibility index (Phi) is 5.60. The lowest BCUT2D eigenvalue weighted by Gasteiger charge is -2.29. The van der Waals surface area contributed by atoms with Crippen molar-refractivity contribution in [2.24, 2.45) is 0 Å². The van der Waals surface area contributed by atoms with Crippen LogP contribution in [0, 0.1) is 5.82 Å². The molecule has 1 aromatic rings. The second-order valence-corrected chi connectivity index (χ2v) is 5.58. The molecular weight excluding hydrogens is 321 g/mol. The van der Waals surface area contributed by atoms with E-state index in [1.54, 1.807) is 6.07 Å². The zero-order valence-electron chi connectivity index (χ0n) is 10.4. The Bertz CT molecular complexity index is 441.